The van der Waals surface area contributed by atoms with E-state index in [9.17, 15) is 14.9 Å². The Hall–Kier alpha value is -2.14. The predicted molar refractivity (Wildman–Crippen MR) is 91.6 cm³/mol. The molecule has 116 valence electrons. The summed E-state index contributed by atoms with van der Waals surface area (Å²) in [5.74, 6) is 2.19. The Morgan fingerprint density at radius 3 is 2.05 bits per heavy atom. The zero-order chi connectivity index (χ0) is 16.4. The van der Waals surface area contributed by atoms with Gasteiger partial charge in [0.25, 0.3) is 5.69 Å². The lowest BCUT2D eigenvalue weighted by Gasteiger charge is -2.01. The van der Waals surface area contributed by atoms with E-state index in [-0.39, 0.29) is 17.0 Å². The Morgan fingerprint density at radius 2 is 1.55 bits per heavy atom. The third-order valence-electron chi connectivity index (χ3n) is 2.79. The molecule has 0 bridgehead atoms. The van der Waals surface area contributed by atoms with Crippen molar-refractivity contribution in [1.82, 2.24) is 0 Å². The smallest absolute Gasteiger partial charge is 0.280 e. The van der Waals surface area contributed by atoms with Crippen LogP contribution in [0.5, 0.6) is 0 Å². The van der Waals surface area contributed by atoms with Gasteiger partial charge in [0.15, 0.2) is 5.78 Å². The topological polar surface area (TPSA) is 60.2 Å². The van der Waals surface area contributed by atoms with Crippen molar-refractivity contribution in [3.63, 3.8) is 0 Å². The highest BCUT2D eigenvalue weighted by Gasteiger charge is 2.19. The van der Waals surface area contributed by atoms with E-state index in [1.807, 2.05) is 11.8 Å². The first-order chi connectivity index (χ1) is 10.6. The summed E-state index contributed by atoms with van der Waals surface area (Å²) in [6.45, 7) is 4.35. The highest BCUT2D eigenvalue weighted by atomic mass is 32.2. The number of nitrogens with zero attached hydrogens (tertiary/aromatic N) is 1. The first-order valence-electron chi connectivity index (χ1n) is 7.02. The van der Waals surface area contributed by atoms with Crippen LogP contribution in [0, 0.1) is 10.1 Å². The number of nitro groups is 1. The van der Waals surface area contributed by atoms with Gasteiger partial charge in [0, 0.05) is 11.6 Å². The number of hydrogen-bond acceptors (Lipinski definition) is 4. The highest BCUT2D eigenvalue weighted by molar-refractivity contribution is 7.99. The molecule has 0 unspecified atom stereocenters. The Morgan fingerprint density at radius 1 is 1.00 bits per heavy atom. The van der Waals surface area contributed by atoms with Crippen molar-refractivity contribution < 1.29 is 9.72 Å². The zero-order valence-electron chi connectivity index (χ0n) is 12.7. The van der Waals surface area contributed by atoms with Gasteiger partial charge >= 0.3 is 0 Å². The van der Waals surface area contributed by atoms with Crippen LogP contribution in [-0.4, -0.2) is 22.2 Å². The molecule has 0 aliphatic heterocycles. The van der Waals surface area contributed by atoms with Crippen molar-refractivity contribution in [2.75, 3.05) is 11.5 Å². The fourth-order valence-corrected chi connectivity index (χ4v) is 2.18. The van der Waals surface area contributed by atoms with E-state index in [4.69, 9.17) is 0 Å². The third kappa shape index (κ3) is 5.33. The summed E-state index contributed by atoms with van der Waals surface area (Å²) in [5.41, 5.74) is 0.395. The van der Waals surface area contributed by atoms with Gasteiger partial charge in [-0.05, 0) is 17.6 Å². The maximum Gasteiger partial charge on any atom is 0.280 e. The first kappa shape index (κ1) is 17.9. The van der Waals surface area contributed by atoms with Crippen LogP contribution < -0.4 is 0 Å². The van der Waals surface area contributed by atoms with E-state index in [0.29, 0.717) is 5.56 Å². The van der Waals surface area contributed by atoms with Crippen LogP contribution in [-0.2, 0) is 0 Å². The maximum absolute atomic E-state index is 12.1. The van der Waals surface area contributed by atoms with Crippen molar-refractivity contribution >= 4 is 23.2 Å². The van der Waals surface area contributed by atoms with Crippen LogP contribution in [0.25, 0.3) is 0 Å². The molecule has 0 aliphatic rings. The van der Waals surface area contributed by atoms with Gasteiger partial charge in [0.2, 0.25) is 0 Å². The molecular weight excluding hydrogens is 298 g/mol. The molecule has 0 N–H and O–H groups in total. The summed E-state index contributed by atoms with van der Waals surface area (Å²) in [5, 5.41) is 10.8. The predicted octanol–water partition coefficient (Wildman–Crippen LogP) is 4.59. The van der Waals surface area contributed by atoms with E-state index in [2.05, 4.69) is 13.8 Å². The van der Waals surface area contributed by atoms with E-state index < -0.39 is 4.92 Å². The summed E-state index contributed by atoms with van der Waals surface area (Å²) in [7, 11) is 0. The standard InChI is InChI=1S/C13H9NO3.C4H10S/c15-13(10-6-2-1-3-7-10)11-8-4-5-9-12(11)14(16)17;1-3-5-4-2/h1-9H;3-4H2,1-2H3. The van der Waals surface area contributed by atoms with Crippen LogP contribution in [0.2, 0.25) is 0 Å². The Labute approximate surface area is 134 Å². The van der Waals surface area contributed by atoms with Crippen LogP contribution in [0.3, 0.4) is 0 Å². The molecular formula is C17H19NO3S. The lowest BCUT2D eigenvalue weighted by atomic mass is 10.0. The molecule has 5 heteroatoms. The van der Waals surface area contributed by atoms with Gasteiger partial charge in [-0.25, -0.2) is 0 Å². The van der Waals surface area contributed by atoms with Crippen LogP contribution in [0.1, 0.15) is 29.8 Å². The average Bonchev–Trinajstić information content (AvgIpc) is 2.56. The first-order valence-corrected chi connectivity index (χ1v) is 8.18. The monoisotopic (exact) mass is 317 g/mol. The summed E-state index contributed by atoms with van der Waals surface area (Å²) in [6, 6.07) is 14.5. The molecule has 2 rings (SSSR count). The number of rotatable bonds is 5. The quantitative estimate of drug-likeness (QED) is 0.460. The molecule has 2 aromatic carbocycles. The van der Waals surface area contributed by atoms with Gasteiger partial charge in [-0.3, -0.25) is 14.9 Å². The molecule has 0 aliphatic carbocycles. The van der Waals surface area contributed by atoms with Crippen LogP contribution >= 0.6 is 11.8 Å². The SMILES string of the molecule is CCSCC.O=C(c1ccccc1)c1ccccc1[N+](=O)[O-]. The van der Waals surface area contributed by atoms with Gasteiger partial charge in [-0.1, -0.05) is 56.3 Å². The zero-order valence-corrected chi connectivity index (χ0v) is 13.5. The van der Waals surface area contributed by atoms with E-state index in [1.54, 1.807) is 42.5 Å². The highest BCUT2D eigenvalue weighted by Crippen LogP contribution is 2.20. The number of carbonyl (C=O) groups is 1. The second-order valence-electron chi connectivity index (χ2n) is 4.25. The van der Waals surface area contributed by atoms with Gasteiger partial charge in [0.1, 0.15) is 5.56 Å². The van der Waals surface area contributed by atoms with Gasteiger partial charge in [-0.15, -0.1) is 0 Å². The molecule has 0 saturated heterocycles. The molecule has 0 spiro atoms. The third-order valence-corrected chi connectivity index (χ3v) is 3.61. The van der Waals surface area contributed by atoms with E-state index >= 15 is 0 Å². The lowest BCUT2D eigenvalue weighted by Crippen LogP contribution is -2.04. The minimum Gasteiger partial charge on any atom is -0.288 e. The average molecular weight is 317 g/mol. The summed E-state index contributed by atoms with van der Waals surface area (Å²) in [6.07, 6.45) is 0. The molecule has 0 atom stereocenters. The normalized spacial score (nSPS) is 9.55. The molecule has 0 radical (unpaired) electrons. The molecule has 0 saturated carbocycles. The second-order valence-corrected chi connectivity index (χ2v) is 5.81. The van der Waals surface area contributed by atoms with Crippen molar-refractivity contribution in [3.05, 3.63) is 75.8 Å². The Kier molecular flexibility index (Phi) is 7.92. The van der Waals surface area contributed by atoms with E-state index in [0.717, 1.165) is 0 Å². The fourth-order valence-electron chi connectivity index (χ4n) is 1.77. The number of para-hydroxylation sites is 1. The maximum atomic E-state index is 12.1. The van der Waals surface area contributed by atoms with E-state index in [1.165, 1.54) is 23.6 Å². The minimum atomic E-state index is -0.545. The second kappa shape index (κ2) is 9.73. The fraction of sp³-hybridized carbons (Fsp3) is 0.235. The molecule has 2 aromatic rings. The lowest BCUT2D eigenvalue weighted by molar-refractivity contribution is -0.385. The van der Waals surface area contributed by atoms with Crippen molar-refractivity contribution in [1.29, 1.82) is 0 Å². The Balaban J connectivity index is 0.000000422. The number of benzene rings is 2. The molecule has 0 fully saturated rings. The van der Waals surface area contributed by atoms with Gasteiger partial charge in [-0.2, -0.15) is 11.8 Å². The number of ketones is 1. The van der Waals surface area contributed by atoms with Gasteiger partial charge < -0.3 is 0 Å². The van der Waals surface area contributed by atoms with Crippen LogP contribution in [0.4, 0.5) is 5.69 Å². The Bertz CT molecular complexity index is 612. The van der Waals surface area contributed by atoms with Gasteiger partial charge in [0.05, 0.1) is 4.92 Å². The molecule has 0 amide bonds. The molecule has 0 heterocycles. The van der Waals surface area contributed by atoms with Crippen molar-refractivity contribution in [3.8, 4) is 0 Å². The number of carbonyl (C=O) groups excluding carboxylic acids is 1. The summed E-state index contributed by atoms with van der Waals surface area (Å²) in [4.78, 5) is 22.3. The number of nitro benzene ring substituents is 1. The van der Waals surface area contributed by atoms with Crippen molar-refractivity contribution in [2.45, 2.75) is 13.8 Å². The molecule has 22 heavy (non-hydrogen) atoms. The summed E-state index contributed by atoms with van der Waals surface area (Å²) < 4.78 is 0. The molecule has 0 aromatic heterocycles. The molecule has 4 nitrogen and oxygen atoms in total. The van der Waals surface area contributed by atoms with Crippen LogP contribution in [0.15, 0.2) is 54.6 Å². The number of hydrogen-bond donors (Lipinski definition) is 0. The van der Waals surface area contributed by atoms with Crippen molar-refractivity contribution in [2.24, 2.45) is 0 Å². The summed E-state index contributed by atoms with van der Waals surface area (Å²) >= 11 is 1.96. The number of thioether (sulfide) groups is 1. The largest absolute Gasteiger partial charge is 0.288 e. The minimum absolute atomic E-state index is 0.115.